The van der Waals surface area contributed by atoms with Gasteiger partial charge in [-0.2, -0.15) is 0 Å². The maximum Gasteiger partial charge on any atom is 0.104 e. The van der Waals surface area contributed by atoms with E-state index in [4.69, 9.17) is 5.11 Å². The standard InChI is InChI=1S/C16H28NO/c1-5-14(2)16-9-6-8-15(12-16)13-17(3,4)10-7-11-18/h6,8-9,12,14,18H,5,7,10-11,13H2,1-4H3/q+1. The second-order valence-electron chi connectivity index (χ2n) is 5.95. The molecule has 1 aromatic rings. The minimum atomic E-state index is 0.286. The summed E-state index contributed by atoms with van der Waals surface area (Å²) in [5, 5.41) is 8.93. The van der Waals surface area contributed by atoms with Crippen molar-refractivity contribution in [1.29, 1.82) is 0 Å². The molecule has 2 nitrogen and oxygen atoms in total. The van der Waals surface area contributed by atoms with Crippen molar-refractivity contribution in [2.75, 3.05) is 27.2 Å². The van der Waals surface area contributed by atoms with Gasteiger partial charge in [0.05, 0.1) is 20.6 Å². The summed E-state index contributed by atoms with van der Waals surface area (Å²) < 4.78 is 0.935. The van der Waals surface area contributed by atoms with E-state index in [1.54, 1.807) is 0 Å². The van der Waals surface area contributed by atoms with Crippen molar-refractivity contribution in [2.24, 2.45) is 0 Å². The van der Waals surface area contributed by atoms with Gasteiger partial charge in [0.25, 0.3) is 0 Å². The first-order valence-corrected chi connectivity index (χ1v) is 7.00. The van der Waals surface area contributed by atoms with Gasteiger partial charge in [0.2, 0.25) is 0 Å². The molecule has 0 bridgehead atoms. The van der Waals surface area contributed by atoms with E-state index in [-0.39, 0.29) is 6.61 Å². The van der Waals surface area contributed by atoms with E-state index in [1.807, 2.05) is 0 Å². The van der Waals surface area contributed by atoms with E-state index in [1.165, 1.54) is 17.5 Å². The number of benzene rings is 1. The lowest BCUT2D eigenvalue weighted by atomic mass is 9.97. The molecule has 1 unspecified atom stereocenters. The van der Waals surface area contributed by atoms with Crippen LogP contribution in [0.5, 0.6) is 0 Å². The highest BCUT2D eigenvalue weighted by molar-refractivity contribution is 5.25. The molecule has 0 saturated heterocycles. The van der Waals surface area contributed by atoms with Gasteiger partial charge in [0.1, 0.15) is 6.54 Å². The molecule has 2 heteroatoms. The Kier molecular flexibility index (Phi) is 5.83. The summed E-state index contributed by atoms with van der Waals surface area (Å²) >= 11 is 0. The Bertz CT molecular complexity index is 360. The highest BCUT2D eigenvalue weighted by atomic mass is 16.3. The third kappa shape index (κ3) is 4.79. The van der Waals surface area contributed by atoms with Gasteiger partial charge in [-0.25, -0.2) is 0 Å². The second-order valence-corrected chi connectivity index (χ2v) is 5.95. The van der Waals surface area contributed by atoms with Crippen LogP contribution in [-0.4, -0.2) is 36.8 Å². The van der Waals surface area contributed by atoms with Crippen LogP contribution >= 0.6 is 0 Å². The van der Waals surface area contributed by atoms with E-state index in [0.29, 0.717) is 5.92 Å². The number of nitrogens with zero attached hydrogens (tertiary/aromatic N) is 1. The van der Waals surface area contributed by atoms with Crippen LogP contribution in [-0.2, 0) is 6.54 Å². The van der Waals surface area contributed by atoms with Crippen molar-refractivity contribution in [2.45, 2.75) is 39.2 Å². The van der Waals surface area contributed by atoms with Crippen LogP contribution in [0.25, 0.3) is 0 Å². The van der Waals surface area contributed by atoms with Crippen molar-refractivity contribution < 1.29 is 9.59 Å². The number of quaternary nitrogens is 1. The highest BCUT2D eigenvalue weighted by Crippen LogP contribution is 2.21. The summed E-state index contributed by atoms with van der Waals surface area (Å²) in [6, 6.07) is 8.95. The van der Waals surface area contributed by atoms with Crippen LogP contribution in [0.1, 0.15) is 43.7 Å². The summed E-state index contributed by atoms with van der Waals surface area (Å²) in [7, 11) is 4.46. The molecule has 1 atom stereocenters. The van der Waals surface area contributed by atoms with Gasteiger partial charge in [0.15, 0.2) is 0 Å². The van der Waals surface area contributed by atoms with Crippen molar-refractivity contribution in [1.82, 2.24) is 0 Å². The Hall–Kier alpha value is -0.860. The molecular weight excluding hydrogens is 222 g/mol. The smallest absolute Gasteiger partial charge is 0.104 e. The first-order chi connectivity index (χ1) is 8.48. The quantitative estimate of drug-likeness (QED) is 0.737. The molecule has 0 fully saturated rings. The van der Waals surface area contributed by atoms with Crippen molar-refractivity contribution in [3.63, 3.8) is 0 Å². The average Bonchev–Trinajstić information content (AvgIpc) is 2.35. The molecule has 0 aliphatic heterocycles. The minimum Gasteiger partial charge on any atom is -0.396 e. The second kappa shape index (κ2) is 6.91. The zero-order valence-electron chi connectivity index (χ0n) is 12.3. The molecule has 18 heavy (non-hydrogen) atoms. The van der Waals surface area contributed by atoms with Gasteiger partial charge in [-0.3, -0.25) is 0 Å². The molecule has 0 spiro atoms. The number of hydrogen-bond acceptors (Lipinski definition) is 1. The van der Waals surface area contributed by atoms with Gasteiger partial charge >= 0.3 is 0 Å². The van der Waals surface area contributed by atoms with E-state index in [9.17, 15) is 0 Å². The van der Waals surface area contributed by atoms with Gasteiger partial charge in [0, 0.05) is 18.6 Å². The summed E-state index contributed by atoms with van der Waals surface area (Å²) in [5.41, 5.74) is 2.84. The fraction of sp³-hybridized carbons (Fsp3) is 0.625. The molecule has 0 aromatic heterocycles. The normalized spacial score (nSPS) is 13.6. The number of hydrogen-bond donors (Lipinski definition) is 1. The molecule has 0 saturated carbocycles. The van der Waals surface area contributed by atoms with E-state index < -0.39 is 0 Å². The van der Waals surface area contributed by atoms with Gasteiger partial charge < -0.3 is 9.59 Å². The summed E-state index contributed by atoms with van der Waals surface area (Å²) in [6.45, 7) is 6.85. The van der Waals surface area contributed by atoms with Crippen LogP contribution in [0.4, 0.5) is 0 Å². The average molecular weight is 250 g/mol. The van der Waals surface area contributed by atoms with E-state index >= 15 is 0 Å². The maximum absolute atomic E-state index is 8.93. The Morgan fingerprint density at radius 2 is 2.00 bits per heavy atom. The largest absolute Gasteiger partial charge is 0.396 e. The summed E-state index contributed by atoms with van der Waals surface area (Å²) in [6.07, 6.45) is 2.06. The van der Waals surface area contributed by atoms with E-state index in [0.717, 1.165) is 24.0 Å². The minimum absolute atomic E-state index is 0.286. The zero-order chi connectivity index (χ0) is 13.6. The van der Waals surface area contributed by atoms with Gasteiger partial charge in [-0.05, 0) is 24.0 Å². The van der Waals surface area contributed by atoms with E-state index in [2.05, 4.69) is 52.2 Å². The van der Waals surface area contributed by atoms with Crippen LogP contribution < -0.4 is 0 Å². The Morgan fingerprint density at radius 3 is 2.61 bits per heavy atom. The monoisotopic (exact) mass is 250 g/mol. The topological polar surface area (TPSA) is 20.2 Å². The fourth-order valence-electron chi connectivity index (χ4n) is 2.31. The Balaban J connectivity index is 2.72. The van der Waals surface area contributed by atoms with Crippen LogP contribution in [0.3, 0.4) is 0 Å². The molecule has 0 aliphatic rings. The summed E-state index contributed by atoms with van der Waals surface area (Å²) in [5.74, 6) is 0.637. The fourth-order valence-corrected chi connectivity index (χ4v) is 2.31. The maximum atomic E-state index is 8.93. The molecule has 0 heterocycles. The number of rotatable bonds is 7. The van der Waals surface area contributed by atoms with Crippen LogP contribution in [0.2, 0.25) is 0 Å². The molecule has 1 aromatic carbocycles. The molecule has 0 radical (unpaired) electrons. The van der Waals surface area contributed by atoms with Crippen molar-refractivity contribution in [3.05, 3.63) is 35.4 Å². The first kappa shape index (κ1) is 15.2. The molecular formula is C16H28NO+. The van der Waals surface area contributed by atoms with Crippen LogP contribution in [0.15, 0.2) is 24.3 Å². The van der Waals surface area contributed by atoms with Gasteiger partial charge in [-0.15, -0.1) is 0 Å². The SMILES string of the molecule is CCC(C)c1cccc(C[N+](C)(C)CCCO)c1. The predicted octanol–water partition coefficient (Wildman–Crippen LogP) is 3.16. The third-order valence-electron chi connectivity index (χ3n) is 3.66. The van der Waals surface area contributed by atoms with Crippen molar-refractivity contribution >= 4 is 0 Å². The lowest BCUT2D eigenvalue weighted by Gasteiger charge is -2.30. The Morgan fingerprint density at radius 1 is 1.28 bits per heavy atom. The van der Waals surface area contributed by atoms with Gasteiger partial charge in [-0.1, -0.05) is 32.0 Å². The third-order valence-corrected chi connectivity index (χ3v) is 3.66. The predicted molar refractivity (Wildman–Crippen MR) is 77.5 cm³/mol. The number of aliphatic hydroxyl groups excluding tert-OH is 1. The number of aliphatic hydroxyl groups is 1. The molecule has 102 valence electrons. The van der Waals surface area contributed by atoms with Crippen LogP contribution in [0, 0.1) is 0 Å². The summed E-state index contributed by atoms with van der Waals surface area (Å²) in [4.78, 5) is 0. The van der Waals surface area contributed by atoms with Crippen molar-refractivity contribution in [3.8, 4) is 0 Å². The molecule has 1 N–H and O–H groups in total. The highest BCUT2D eigenvalue weighted by Gasteiger charge is 2.15. The Labute approximate surface area is 112 Å². The molecule has 0 aliphatic carbocycles. The molecule has 1 rings (SSSR count). The first-order valence-electron chi connectivity index (χ1n) is 7.00. The zero-order valence-corrected chi connectivity index (χ0v) is 12.3. The lowest BCUT2D eigenvalue weighted by Crippen LogP contribution is -2.39. The lowest BCUT2D eigenvalue weighted by molar-refractivity contribution is -0.903. The molecule has 0 amide bonds.